The number of rotatable bonds is 7. The Hall–Kier alpha value is -1.48. The summed E-state index contributed by atoms with van der Waals surface area (Å²) in [5, 5.41) is 11.6. The number of carbonyl (C=O) groups excluding carboxylic acids is 2. The van der Waals surface area contributed by atoms with Crippen LogP contribution in [0.2, 0.25) is 0 Å². The number of hydrogen-bond donors (Lipinski definition) is 2. The number of hydrogen-bond acceptors (Lipinski definition) is 6. The summed E-state index contributed by atoms with van der Waals surface area (Å²) in [5.41, 5.74) is -0.684. The Bertz CT molecular complexity index is 473. The Kier molecular flexibility index (Phi) is 8.51. The Morgan fingerprint density at radius 1 is 1.20 bits per heavy atom. The van der Waals surface area contributed by atoms with Crippen LogP contribution in [-0.4, -0.2) is 89.3 Å². The summed E-state index contributed by atoms with van der Waals surface area (Å²) in [6, 6.07) is -1.03. The molecule has 1 saturated heterocycles. The van der Waals surface area contributed by atoms with Gasteiger partial charge in [0.1, 0.15) is 11.6 Å². The van der Waals surface area contributed by atoms with Gasteiger partial charge in [0.15, 0.2) is 0 Å². The van der Waals surface area contributed by atoms with E-state index in [4.69, 9.17) is 4.74 Å². The maximum absolute atomic E-state index is 12.1. The summed E-state index contributed by atoms with van der Waals surface area (Å²) in [4.78, 5) is 39.0. The number of nitrogens with one attached hydrogen (secondary N) is 1. The van der Waals surface area contributed by atoms with Gasteiger partial charge >= 0.3 is 12.1 Å². The molecule has 9 heteroatoms. The Morgan fingerprint density at radius 3 is 2.32 bits per heavy atom. The van der Waals surface area contributed by atoms with E-state index >= 15 is 0 Å². The van der Waals surface area contributed by atoms with Crippen LogP contribution in [0.25, 0.3) is 0 Å². The molecule has 2 N–H and O–H groups in total. The van der Waals surface area contributed by atoms with Gasteiger partial charge in [-0.2, -0.15) is 11.8 Å². The van der Waals surface area contributed by atoms with Crippen molar-refractivity contribution in [3.63, 3.8) is 0 Å². The first-order valence-electron chi connectivity index (χ1n) is 8.35. The highest BCUT2D eigenvalue weighted by Crippen LogP contribution is 2.10. The minimum absolute atomic E-state index is 0.0741. The van der Waals surface area contributed by atoms with Gasteiger partial charge in [-0.3, -0.25) is 4.79 Å². The fourth-order valence-electron chi connectivity index (χ4n) is 2.21. The second-order valence-corrected chi connectivity index (χ2v) is 8.17. The second-order valence-electron chi connectivity index (χ2n) is 7.06. The number of alkyl carbamates (subject to hydrolysis) is 1. The Labute approximate surface area is 153 Å². The number of carbonyl (C=O) groups is 3. The molecule has 144 valence electrons. The molecule has 1 atom stereocenters. The van der Waals surface area contributed by atoms with Gasteiger partial charge < -0.3 is 25.0 Å². The second kappa shape index (κ2) is 9.86. The van der Waals surface area contributed by atoms with Gasteiger partial charge in [0, 0.05) is 26.2 Å². The van der Waals surface area contributed by atoms with Crippen molar-refractivity contribution < 1.29 is 24.2 Å². The fraction of sp³-hybridized carbons (Fsp3) is 0.812. The Balaban J connectivity index is 2.30. The van der Waals surface area contributed by atoms with E-state index in [9.17, 15) is 19.5 Å². The van der Waals surface area contributed by atoms with Crippen molar-refractivity contribution in [2.45, 2.75) is 38.8 Å². The number of likely N-dealkylation sites (N-methyl/N-ethyl adjacent to an activating group) is 1. The maximum atomic E-state index is 12.1. The SMILES string of the molecule is CN1CCN(C(=O)CSCCC(NC(=O)OC(C)(C)C)C(=O)O)CC1. The number of ether oxygens (including phenoxy) is 1. The first-order valence-corrected chi connectivity index (χ1v) is 9.50. The Morgan fingerprint density at radius 2 is 1.80 bits per heavy atom. The monoisotopic (exact) mass is 375 g/mol. The summed E-state index contributed by atoms with van der Waals surface area (Å²) in [5.74, 6) is -0.253. The van der Waals surface area contributed by atoms with Gasteiger partial charge in [-0.1, -0.05) is 0 Å². The minimum Gasteiger partial charge on any atom is -0.480 e. The highest BCUT2D eigenvalue weighted by molar-refractivity contribution is 7.99. The summed E-state index contributed by atoms with van der Waals surface area (Å²) in [6.45, 7) is 8.34. The maximum Gasteiger partial charge on any atom is 0.408 e. The molecule has 8 nitrogen and oxygen atoms in total. The zero-order valence-corrected chi connectivity index (χ0v) is 16.2. The van der Waals surface area contributed by atoms with Crippen molar-refractivity contribution in [3.05, 3.63) is 0 Å². The lowest BCUT2D eigenvalue weighted by Gasteiger charge is -2.32. The average molecular weight is 375 g/mol. The summed E-state index contributed by atoms with van der Waals surface area (Å²) >= 11 is 1.38. The predicted octanol–water partition coefficient (Wildman–Crippen LogP) is 0.862. The first-order chi connectivity index (χ1) is 11.6. The molecule has 0 aromatic heterocycles. The molecule has 0 aromatic carbocycles. The van der Waals surface area contributed by atoms with Crippen LogP contribution in [0.5, 0.6) is 0 Å². The van der Waals surface area contributed by atoms with Crippen LogP contribution < -0.4 is 5.32 Å². The molecule has 1 heterocycles. The zero-order valence-electron chi connectivity index (χ0n) is 15.4. The average Bonchev–Trinajstić information content (AvgIpc) is 2.48. The predicted molar refractivity (Wildman–Crippen MR) is 96.8 cm³/mol. The van der Waals surface area contributed by atoms with E-state index in [-0.39, 0.29) is 12.3 Å². The molecule has 1 aliphatic rings. The van der Waals surface area contributed by atoms with Gasteiger partial charge in [0.05, 0.1) is 5.75 Å². The molecule has 0 spiro atoms. The van der Waals surface area contributed by atoms with Crippen LogP contribution in [0.1, 0.15) is 27.2 Å². The largest absolute Gasteiger partial charge is 0.480 e. The quantitative estimate of drug-likeness (QED) is 0.637. The highest BCUT2D eigenvalue weighted by Gasteiger charge is 2.24. The van der Waals surface area contributed by atoms with Gasteiger partial charge in [-0.25, -0.2) is 9.59 Å². The molecule has 1 rings (SSSR count). The molecular formula is C16H29N3O5S. The summed E-state index contributed by atoms with van der Waals surface area (Å²) in [6.07, 6.45) is -0.520. The number of amides is 2. The first kappa shape index (κ1) is 21.6. The molecule has 1 aliphatic heterocycles. The third-order valence-corrected chi connectivity index (χ3v) is 4.60. The van der Waals surface area contributed by atoms with Crippen LogP contribution in [0.4, 0.5) is 4.79 Å². The molecule has 1 unspecified atom stereocenters. The van der Waals surface area contributed by atoms with Crippen LogP contribution in [0.15, 0.2) is 0 Å². The number of aliphatic carboxylic acids is 1. The van der Waals surface area contributed by atoms with Crippen molar-refractivity contribution in [1.82, 2.24) is 15.1 Å². The number of carboxylic acid groups (broad SMARTS) is 1. The summed E-state index contributed by atoms with van der Waals surface area (Å²) < 4.78 is 5.07. The molecule has 0 bridgehead atoms. The number of piperazine rings is 1. The van der Waals surface area contributed by atoms with Crippen LogP contribution in [0.3, 0.4) is 0 Å². The van der Waals surface area contributed by atoms with Gasteiger partial charge in [-0.15, -0.1) is 0 Å². The van der Waals surface area contributed by atoms with E-state index in [2.05, 4.69) is 10.2 Å². The number of carboxylic acids is 1. The lowest BCUT2D eigenvalue weighted by Crippen LogP contribution is -2.47. The van der Waals surface area contributed by atoms with E-state index < -0.39 is 23.7 Å². The van der Waals surface area contributed by atoms with Gasteiger partial charge in [-0.05, 0) is 40.0 Å². The molecule has 0 radical (unpaired) electrons. The minimum atomic E-state index is -1.11. The molecule has 0 aliphatic carbocycles. The molecule has 25 heavy (non-hydrogen) atoms. The number of nitrogens with zero attached hydrogens (tertiary/aromatic N) is 2. The van der Waals surface area contributed by atoms with Crippen LogP contribution >= 0.6 is 11.8 Å². The lowest BCUT2D eigenvalue weighted by atomic mass is 10.2. The van der Waals surface area contributed by atoms with Crippen molar-refractivity contribution in [2.75, 3.05) is 44.7 Å². The number of thioether (sulfide) groups is 1. The third kappa shape index (κ3) is 8.97. The van der Waals surface area contributed by atoms with Crippen molar-refractivity contribution in [1.29, 1.82) is 0 Å². The van der Waals surface area contributed by atoms with E-state index in [1.165, 1.54) is 11.8 Å². The van der Waals surface area contributed by atoms with Crippen molar-refractivity contribution in [2.24, 2.45) is 0 Å². The van der Waals surface area contributed by atoms with E-state index in [0.29, 0.717) is 11.5 Å². The summed E-state index contributed by atoms with van der Waals surface area (Å²) in [7, 11) is 2.03. The molecular weight excluding hydrogens is 346 g/mol. The zero-order chi connectivity index (χ0) is 19.0. The third-order valence-electron chi connectivity index (χ3n) is 3.62. The molecule has 0 saturated carbocycles. The highest BCUT2D eigenvalue weighted by atomic mass is 32.2. The molecule has 0 aromatic rings. The molecule has 1 fully saturated rings. The van der Waals surface area contributed by atoms with Crippen LogP contribution in [-0.2, 0) is 14.3 Å². The molecule has 2 amide bonds. The van der Waals surface area contributed by atoms with Crippen molar-refractivity contribution in [3.8, 4) is 0 Å². The van der Waals surface area contributed by atoms with Crippen LogP contribution in [0, 0.1) is 0 Å². The van der Waals surface area contributed by atoms with Gasteiger partial charge in [0.2, 0.25) is 5.91 Å². The lowest BCUT2D eigenvalue weighted by molar-refractivity contribution is -0.139. The van der Waals surface area contributed by atoms with Crippen molar-refractivity contribution >= 4 is 29.7 Å². The van der Waals surface area contributed by atoms with E-state index in [1.54, 1.807) is 20.8 Å². The smallest absolute Gasteiger partial charge is 0.408 e. The van der Waals surface area contributed by atoms with E-state index in [0.717, 1.165) is 26.2 Å². The van der Waals surface area contributed by atoms with Gasteiger partial charge in [0.25, 0.3) is 0 Å². The standard InChI is InChI=1S/C16H29N3O5S/c1-16(2,3)24-15(23)17-12(14(21)22)5-10-25-11-13(20)19-8-6-18(4)7-9-19/h12H,5-11H2,1-4H3,(H,17,23)(H,21,22). The topological polar surface area (TPSA) is 99.2 Å². The normalized spacial score (nSPS) is 17.0. The fourth-order valence-corrected chi connectivity index (χ4v) is 3.12. The van der Waals surface area contributed by atoms with E-state index in [1.807, 2.05) is 11.9 Å².